The molecule has 0 saturated carbocycles. The van der Waals surface area contributed by atoms with E-state index < -0.39 is 25.2 Å². The number of pyridine rings is 1. The zero-order valence-electron chi connectivity index (χ0n) is 42.9. The minimum atomic E-state index is -0.573. The van der Waals surface area contributed by atoms with Crippen LogP contribution in [0.5, 0.6) is 28.7 Å². The molecule has 8 rings (SSSR count). The van der Waals surface area contributed by atoms with Crippen molar-refractivity contribution in [3.05, 3.63) is 40.6 Å². The number of aromatic nitrogens is 1. The third kappa shape index (κ3) is 16.0. The van der Waals surface area contributed by atoms with Gasteiger partial charge in [0.2, 0.25) is 5.43 Å². The van der Waals surface area contributed by atoms with Gasteiger partial charge in [-0.05, 0) is 88.8 Å². The Labute approximate surface area is 419 Å². The molecule has 0 spiro atoms. The standard InChI is InChI=1S/C58H87NO11/c1-2-3-4-5-6-7-8-9-10-11-12-13-14-15-16-22-35-59-46-42-45(66-50-28-17-23-36-61-50)43-49(69-53-31-20-26-39-64-53)55(46)57(60)58(70-54-32-21-27-40-65-54)56(59)44-33-34-47(67-51-29-18-24-37-62-51)48(41-44)68-52-30-19-25-38-63-52/h33-34,41-43,50-54H,2-32,35-40H2,1H3. The normalized spacial score (nSPS) is 23.2. The summed E-state index contributed by atoms with van der Waals surface area (Å²) >= 11 is 0. The molecule has 0 radical (unpaired) electrons. The van der Waals surface area contributed by atoms with E-state index in [9.17, 15) is 0 Å². The zero-order chi connectivity index (χ0) is 48.0. The SMILES string of the molecule is CCCCCCCCCCCCCCCCCCn1c(-c2ccc(OC3CCCCO3)c(OC3CCCCO3)c2)c(OC2CCCCO2)c(=O)c2c(OC3CCCCO3)cc(OC3CCCCO3)cc21. The van der Waals surface area contributed by atoms with E-state index in [1.165, 1.54) is 83.5 Å². The van der Waals surface area contributed by atoms with Crippen molar-refractivity contribution in [3.8, 4) is 40.0 Å². The Kier molecular flexibility index (Phi) is 22.0. The van der Waals surface area contributed by atoms with E-state index in [2.05, 4.69) is 11.5 Å². The predicted octanol–water partition coefficient (Wildman–Crippen LogP) is 14.5. The van der Waals surface area contributed by atoms with Gasteiger partial charge in [0.15, 0.2) is 48.7 Å². The van der Waals surface area contributed by atoms with Gasteiger partial charge in [-0.1, -0.05) is 103 Å². The van der Waals surface area contributed by atoms with Crippen LogP contribution >= 0.6 is 0 Å². The van der Waals surface area contributed by atoms with Gasteiger partial charge in [0, 0.05) is 56.3 Å². The number of fused-ring (bicyclic) bond motifs is 1. The van der Waals surface area contributed by atoms with Crippen LogP contribution in [0.4, 0.5) is 0 Å². The lowest BCUT2D eigenvalue weighted by Crippen LogP contribution is -2.30. The highest BCUT2D eigenvalue weighted by Gasteiger charge is 2.30. The van der Waals surface area contributed by atoms with Crippen LogP contribution in [-0.2, 0) is 30.2 Å². The Balaban J connectivity index is 1.12. The minimum Gasteiger partial charge on any atom is -0.465 e. The zero-order valence-corrected chi connectivity index (χ0v) is 42.9. The summed E-state index contributed by atoms with van der Waals surface area (Å²) in [4.78, 5) is 15.6. The van der Waals surface area contributed by atoms with Crippen LogP contribution in [0.3, 0.4) is 0 Å². The van der Waals surface area contributed by atoms with Crippen molar-refractivity contribution in [1.29, 1.82) is 0 Å². The fourth-order valence-electron chi connectivity index (χ4n) is 10.7. The van der Waals surface area contributed by atoms with Gasteiger partial charge >= 0.3 is 0 Å². The topological polar surface area (TPSA) is 114 Å². The van der Waals surface area contributed by atoms with E-state index in [0.29, 0.717) is 85.6 Å². The van der Waals surface area contributed by atoms with Gasteiger partial charge in [0.05, 0.1) is 49.6 Å². The van der Waals surface area contributed by atoms with Crippen molar-refractivity contribution in [2.75, 3.05) is 33.0 Å². The van der Waals surface area contributed by atoms with E-state index in [0.717, 1.165) is 115 Å². The molecule has 0 N–H and O–H groups in total. The van der Waals surface area contributed by atoms with Gasteiger partial charge in [0.25, 0.3) is 0 Å². The summed E-state index contributed by atoms with van der Waals surface area (Å²) in [6.45, 7) is 6.06. The number of benzene rings is 2. The minimum absolute atomic E-state index is 0.235. The molecule has 1 aromatic heterocycles. The van der Waals surface area contributed by atoms with E-state index in [1.54, 1.807) is 0 Å². The van der Waals surface area contributed by atoms with Gasteiger partial charge < -0.3 is 51.9 Å². The second-order valence-corrected chi connectivity index (χ2v) is 20.5. The Hall–Kier alpha value is -3.55. The highest BCUT2D eigenvalue weighted by Crippen LogP contribution is 2.43. The van der Waals surface area contributed by atoms with E-state index in [4.69, 9.17) is 47.4 Å². The molecule has 70 heavy (non-hydrogen) atoms. The van der Waals surface area contributed by atoms with E-state index >= 15 is 4.79 Å². The van der Waals surface area contributed by atoms with Gasteiger partial charge in [-0.25, -0.2) is 0 Å². The summed E-state index contributed by atoms with van der Waals surface area (Å²) in [6.07, 6.45) is 32.2. The lowest BCUT2D eigenvalue weighted by molar-refractivity contribution is -0.118. The third-order valence-electron chi connectivity index (χ3n) is 14.7. The first-order chi connectivity index (χ1) is 34.6. The molecule has 5 atom stereocenters. The lowest BCUT2D eigenvalue weighted by Gasteiger charge is -2.30. The first kappa shape index (κ1) is 52.8. The molecule has 5 aliphatic heterocycles. The van der Waals surface area contributed by atoms with Crippen LogP contribution in [0.2, 0.25) is 0 Å². The third-order valence-corrected chi connectivity index (χ3v) is 14.7. The molecular weight excluding hydrogens is 887 g/mol. The van der Waals surface area contributed by atoms with Crippen molar-refractivity contribution in [2.24, 2.45) is 0 Å². The van der Waals surface area contributed by atoms with Gasteiger partial charge in [0.1, 0.15) is 11.5 Å². The summed E-state index contributed by atoms with van der Waals surface area (Å²) in [5, 5.41) is 0.443. The quantitative estimate of drug-likeness (QED) is 0.0648. The number of unbranched alkanes of at least 4 members (excludes halogenated alkanes) is 15. The van der Waals surface area contributed by atoms with Crippen molar-refractivity contribution in [3.63, 3.8) is 0 Å². The molecule has 12 heteroatoms. The Morgan fingerprint density at radius 1 is 0.457 bits per heavy atom. The fraction of sp³-hybridized carbons (Fsp3) is 0.741. The smallest absolute Gasteiger partial charge is 0.235 e. The maximum Gasteiger partial charge on any atom is 0.235 e. The highest BCUT2D eigenvalue weighted by molar-refractivity contribution is 5.92. The summed E-state index contributed by atoms with van der Waals surface area (Å²) in [5.74, 6) is 2.39. The average Bonchev–Trinajstić information content (AvgIpc) is 3.39. The number of hydrogen-bond donors (Lipinski definition) is 0. The summed E-state index contributed by atoms with van der Waals surface area (Å²) in [7, 11) is 0. The fourth-order valence-corrected chi connectivity index (χ4v) is 10.7. The van der Waals surface area contributed by atoms with Crippen LogP contribution in [0, 0.1) is 0 Å². The first-order valence-electron chi connectivity index (χ1n) is 28.4. The highest BCUT2D eigenvalue weighted by atomic mass is 16.7. The monoisotopic (exact) mass is 974 g/mol. The van der Waals surface area contributed by atoms with E-state index in [1.807, 2.05) is 30.3 Å². The van der Waals surface area contributed by atoms with E-state index in [-0.39, 0.29) is 17.5 Å². The number of ether oxygens (including phenoxy) is 10. The van der Waals surface area contributed by atoms with Crippen LogP contribution in [0.25, 0.3) is 22.2 Å². The summed E-state index contributed by atoms with van der Waals surface area (Å²) in [6, 6.07) is 9.84. The molecule has 5 unspecified atom stereocenters. The van der Waals surface area contributed by atoms with Gasteiger partial charge in [-0.15, -0.1) is 0 Å². The van der Waals surface area contributed by atoms with Crippen LogP contribution < -0.4 is 29.1 Å². The molecule has 6 heterocycles. The molecule has 5 saturated heterocycles. The van der Waals surface area contributed by atoms with Crippen molar-refractivity contribution in [1.82, 2.24) is 4.57 Å². The number of aryl methyl sites for hydroxylation is 1. The number of nitrogens with zero attached hydrogens (tertiary/aromatic N) is 1. The van der Waals surface area contributed by atoms with Gasteiger partial charge in [-0.2, -0.15) is 0 Å². The molecule has 12 nitrogen and oxygen atoms in total. The molecular formula is C58H87NO11. The predicted molar refractivity (Wildman–Crippen MR) is 274 cm³/mol. The number of hydrogen-bond acceptors (Lipinski definition) is 11. The molecule has 0 aliphatic carbocycles. The molecule has 3 aromatic rings. The largest absolute Gasteiger partial charge is 0.465 e. The van der Waals surface area contributed by atoms with Gasteiger partial charge in [-0.3, -0.25) is 4.79 Å². The van der Waals surface area contributed by atoms with Crippen molar-refractivity contribution < 1.29 is 47.4 Å². The molecule has 5 aliphatic rings. The van der Waals surface area contributed by atoms with Crippen LogP contribution in [0.1, 0.15) is 206 Å². The molecule has 2 aromatic carbocycles. The van der Waals surface area contributed by atoms with Crippen molar-refractivity contribution in [2.45, 2.75) is 244 Å². The molecule has 0 amide bonds. The second-order valence-electron chi connectivity index (χ2n) is 20.5. The van der Waals surface area contributed by atoms with Crippen LogP contribution in [0.15, 0.2) is 35.1 Å². The summed E-state index contributed by atoms with van der Waals surface area (Å²) < 4.78 is 66.5. The molecule has 0 bridgehead atoms. The molecule has 390 valence electrons. The average molecular weight is 974 g/mol. The number of rotatable bonds is 28. The maximum atomic E-state index is 15.6. The second kappa shape index (κ2) is 29.2. The maximum absolute atomic E-state index is 15.6. The summed E-state index contributed by atoms with van der Waals surface area (Å²) in [5.41, 5.74) is 1.88. The Bertz CT molecular complexity index is 2030. The Morgan fingerprint density at radius 2 is 0.886 bits per heavy atom. The first-order valence-corrected chi connectivity index (χ1v) is 28.4. The van der Waals surface area contributed by atoms with Crippen molar-refractivity contribution >= 4 is 10.9 Å². The van der Waals surface area contributed by atoms with Crippen LogP contribution in [-0.4, -0.2) is 69.1 Å². The lowest BCUT2D eigenvalue weighted by atomic mass is 10.0. The Morgan fingerprint density at radius 3 is 1.36 bits per heavy atom. The molecule has 5 fully saturated rings.